The molecule has 0 aliphatic rings. The molecule has 1 aromatic heterocycles. The van der Waals surface area contributed by atoms with Crippen molar-refractivity contribution in [2.45, 2.75) is 9.92 Å². The zero-order chi connectivity index (χ0) is 13.1. The molecule has 0 atom stereocenters. The number of hydrogen-bond donors (Lipinski definition) is 2. The largest absolute Gasteiger partial charge is 0.478 e. The molecule has 18 heavy (non-hydrogen) atoms. The van der Waals surface area contributed by atoms with Crippen molar-refractivity contribution >= 4 is 35.0 Å². The fourth-order valence-electron chi connectivity index (χ4n) is 1.32. The van der Waals surface area contributed by atoms with Gasteiger partial charge in [0.1, 0.15) is 5.03 Å². The van der Waals surface area contributed by atoms with Gasteiger partial charge in [0, 0.05) is 23.0 Å². The minimum Gasteiger partial charge on any atom is -0.478 e. The van der Waals surface area contributed by atoms with Gasteiger partial charge in [-0.05, 0) is 12.1 Å². The van der Waals surface area contributed by atoms with Gasteiger partial charge in [0.2, 0.25) is 0 Å². The molecule has 5 nitrogen and oxygen atoms in total. The predicted octanol–water partition coefficient (Wildman–Crippen LogP) is 2.56. The van der Waals surface area contributed by atoms with Gasteiger partial charge in [-0.2, -0.15) is 0 Å². The summed E-state index contributed by atoms with van der Waals surface area (Å²) in [6.45, 7) is 0. The van der Waals surface area contributed by atoms with E-state index in [0.29, 0.717) is 15.6 Å². The molecular weight excluding hydrogens is 274 g/mol. The van der Waals surface area contributed by atoms with Crippen LogP contribution in [-0.2, 0) is 0 Å². The Balaban J connectivity index is 2.47. The zero-order valence-corrected chi connectivity index (χ0v) is 10.6. The molecule has 3 N–H and O–H groups in total. The predicted molar refractivity (Wildman–Crippen MR) is 69.0 cm³/mol. The maximum absolute atomic E-state index is 11.2. The van der Waals surface area contributed by atoms with Crippen molar-refractivity contribution in [2.75, 3.05) is 5.73 Å². The number of anilines is 1. The summed E-state index contributed by atoms with van der Waals surface area (Å²) in [5, 5.41) is 9.97. The van der Waals surface area contributed by atoms with Crippen LogP contribution in [0.2, 0.25) is 5.02 Å². The van der Waals surface area contributed by atoms with Crippen LogP contribution in [0.25, 0.3) is 0 Å². The van der Waals surface area contributed by atoms with E-state index < -0.39 is 5.97 Å². The molecule has 0 bridgehead atoms. The quantitative estimate of drug-likeness (QED) is 0.841. The van der Waals surface area contributed by atoms with E-state index in [9.17, 15) is 4.79 Å². The molecule has 2 aromatic rings. The van der Waals surface area contributed by atoms with Crippen LogP contribution in [0.15, 0.2) is 40.6 Å². The summed E-state index contributed by atoms with van der Waals surface area (Å²) in [6.07, 6.45) is 4.59. The van der Waals surface area contributed by atoms with Gasteiger partial charge in [-0.3, -0.25) is 4.98 Å². The molecule has 0 saturated carbocycles. The van der Waals surface area contributed by atoms with Crippen molar-refractivity contribution in [3.05, 3.63) is 41.3 Å². The Morgan fingerprint density at radius 3 is 2.78 bits per heavy atom. The number of aromatic nitrogens is 2. The number of hydrogen-bond acceptors (Lipinski definition) is 5. The molecule has 0 unspecified atom stereocenters. The van der Waals surface area contributed by atoms with Gasteiger partial charge in [-0.1, -0.05) is 23.4 Å². The van der Waals surface area contributed by atoms with E-state index in [0.717, 1.165) is 11.8 Å². The highest BCUT2D eigenvalue weighted by molar-refractivity contribution is 7.99. The molecule has 0 aliphatic heterocycles. The third-order valence-electron chi connectivity index (χ3n) is 2.04. The average Bonchev–Trinajstić information content (AvgIpc) is 2.33. The molecule has 0 radical (unpaired) electrons. The lowest BCUT2D eigenvalue weighted by Crippen LogP contribution is -2.01. The van der Waals surface area contributed by atoms with Gasteiger partial charge in [-0.15, -0.1) is 0 Å². The summed E-state index contributed by atoms with van der Waals surface area (Å²) in [7, 11) is 0. The monoisotopic (exact) mass is 281 g/mol. The first-order valence-corrected chi connectivity index (χ1v) is 6.03. The number of carboxylic acids is 1. The van der Waals surface area contributed by atoms with Crippen molar-refractivity contribution in [2.24, 2.45) is 0 Å². The van der Waals surface area contributed by atoms with Gasteiger partial charge < -0.3 is 10.8 Å². The maximum atomic E-state index is 11.2. The van der Waals surface area contributed by atoms with E-state index in [2.05, 4.69) is 9.97 Å². The first-order chi connectivity index (χ1) is 8.58. The van der Waals surface area contributed by atoms with Gasteiger partial charge in [0.25, 0.3) is 0 Å². The molecule has 2 rings (SSSR count). The number of nitrogens with two attached hydrogens (primary N) is 1. The molecule has 1 aromatic carbocycles. The fourth-order valence-corrected chi connectivity index (χ4v) is 2.51. The maximum Gasteiger partial charge on any atom is 0.336 e. The number of carboxylic acid groups (broad SMARTS) is 1. The molecule has 0 aliphatic carbocycles. The van der Waals surface area contributed by atoms with Crippen LogP contribution in [0.3, 0.4) is 0 Å². The Labute approximate surface area is 112 Å². The van der Waals surface area contributed by atoms with Crippen LogP contribution in [0.1, 0.15) is 10.4 Å². The third-order valence-corrected chi connectivity index (χ3v) is 3.52. The Morgan fingerprint density at radius 1 is 1.39 bits per heavy atom. The topological polar surface area (TPSA) is 89.1 Å². The summed E-state index contributed by atoms with van der Waals surface area (Å²) >= 11 is 7.15. The first-order valence-electron chi connectivity index (χ1n) is 4.84. The number of nitrogen functional groups attached to an aromatic ring is 1. The molecule has 0 spiro atoms. The molecule has 0 amide bonds. The van der Waals surface area contributed by atoms with E-state index in [4.69, 9.17) is 22.4 Å². The number of aromatic carboxylic acids is 1. The zero-order valence-electron chi connectivity index (χ0n) is 9.00. The number of benzene rings is 1. The van der Waals surface area contributed by atoms with Crippen LogP contribution in [-0.4, -0.2) is 21.0 Å². The van der Waals surface area contributed by atoms with Crippen molar-refractivity contribution in [3.63, 3.8) is 0 Å². The summed E-state index contributed by atoms with van der Waals surface area (Å²) in [6, 6.07) is 2.87. The summed E-state index contributed by atoms with van der Waals surface area (Å²) in [5.74, 6) is -1.09. The summed E-state index contributed by atoms with van der Waals surface area (Å²) < 4.78 is 0. The number of nitrogens with zero attached hydrogens (tertiary/aromatic N) is 2. The number of carbonyl (C=O) groups is 1. The highest BCUT2D eigenvalue weighted by Gasteiger charge is 2.16. The van der Waals surface area contributed by atoms with Crippen molar-refractivity contribution in [3.8, 4) is 0 Å². The number of rotatable bonds is 3. The van der Waals surface area contributed by atoms with E-state index in [1.54, 1.807) is 0 Å². The molecular formula is C11H8ClN3O2S. The second-order valence-corrected chi connectivity index (χ2v) is 4.77. The van der Waals surface area contributed by atoms with Gasteiger partial charge >= 0.3 is 5.97 Å². The van der Waals surface area contributed by atoms with Crippen LogP contribution >= 0.6 is 23.4 Å². The lowest BCUT2D eigenvalue weighted by molar-refractivity contribution is 0.0693. The first kappa shape index (κ1) is 12.7. The van der Waals surface area contributed by atoms with Crippen molar-refractivity contribution in [1.29, 1.82) is 0 Å². The number of halogens is 1. The Morgan fingerprint density at radius 2 is 2.17 bits per heavy atom. The lowest BCUT2D eigenvalue weighted by Gasteiger charge is -2.08. The fraction of sp³-hybridized carbons (Fsp3) is 0. The minimum absolute atomic E-state index is 0.0515. The average molecular weight is 282 g/mol. The highest BCUT2D eigenvalue weighted by atomic mass is 35.5. The van der Waals surface area contributed by atoms with Crippen molar-refractivity contribution < 1.29 is 9.90 Å². The summed E-state index contributed by atoms with van der Waals surface area (Å²) in [5.41, 5.74) is 5.93. The molecule has 7 heteroatoms. The minimum atomic E-state index is -1.09. The lowest BCUT2D eigenvalue weighted by atomic mass is 10.2. The van der Waals surface area contributed by atoms with Gasteiger partial charge in [0.05, 0.1) is 16.8 Å². The standard InChI is InChI=1S/C11H8ClN3O2S/c12-8-4-6(13)3-7(11(16)17)10(8)18-9-5-14-1-2-15-9/h1-5H,13H2,(H,16,17). The molecule has 0 saturated heterocycles. The highest BCUT2D eigenvalue weighted by Crippen LogP contribution is 2.36. The Hall–Kier alpha value is -1.79. The molecule has 92 valence electrons. The SMILES string of the molecule is Nc1cc(Cl)c(Sc2cnccn2)c(C(=O)O)c1. The van der Waals surface area contributed by atoms with E-state index >= 15 is 0 Å². The van der Waals surface area contributed by atoms with Gasteiger partial charge in [0.15, 0.2) is 0 Å². The molecule has 1 heterocycles. The van der Waals surface area contributed by atoms with Crippen LogP contribution in [0.5, 0.6) is 0 Å². The second-order valence-electron chi connectivity index (χ2n) is 3.33. The Bertz CT molecular complexity index is 592. The smallest absolute Gasteiger partial charge is 0.336 e. The Kier molecular flexibility index (Phi) is 3.69. The molecule has 0 fully saturated rings. The second kappa shape index (κ2) is 5.24. The van der Waals surface area contributed by atoms with Crippen LogP contribution < -0.4 is 5.73 Å². The normalized spacial score (nSPS) is 10.3. The van der Waals surface area contributed by atoms with Crippen LogP contribution in [0.4, 0.5) is 5.69 Å². The summed E-state index contributed by atoms with van der Waals surface area (Å²) in [4.78, 5) is 19.5. The van der Waals surface area contributed by atoms with E-state index in [-0.39, 0.29) is 10.6 Å². The van der Waals surface area contributed by atoms with Crippen molar-refractivity contribution in [1.82, 2.24) is 9.97 Å². The third kappa shape index (κ3) is 2.72. The van der Waals surface area contributed by atoms with Gasteiger partial charge in [-0.25, -0.2) is 9.78 Å². The van der Waals surface area contributed by atoms with Crippen LogP contribution in [0, 0.1) is 0 Å². The van der Waals surface area contributed by atoms with E-state index in [1.165, 1.54) is 30.7 Å². The van der Waals surface area contributed by atoms with E-state index in [1.807, 2.05) is 0 Å².